The molecule has 0 bridgehead atoms. The first-order chi connectivity index (χ1) is 4.04. The number of aliphatic carboxylic acids is 1. The van der Waals surface area contributed by atoms with Gasteiger partial charge >= 0.3 is 5.97 Å². The van der Waals surface area contributed by atoms with E-state index in [4.69, 9.17) is 15.4 Å². The smallest absolute Gasteiger partial charge is 0.334 e. The number of carbonyl (C=O) groups is 1. The number of hydrogen-bond acceptors (Lipinski definition) is 5. The van der Waals surface area contributed by atoms with Crippen molar-refractivity contribution in [2.75, 3.05) is 6.54 Å². The average Bonchev–Trinajstić information content (AvgIpc) is 1.63. The van der Waals surface area contributed by atoms with Crippen LogP contribution in [0.5, 0.6) is 0 Å². The Balaban J connectivity index is 3.50. The maximum absolute atomic E-state index is 9.79. The minimum Gasteiger partial charge on any atom is -0.479 e. The molecule has 6 nitrogen and oxygen atoms in total. The van der Waals surface area contributed by atoms with E-state index in [9.17, 15) is 4.79 Å². The van der Waals surface area contributed by atoms with Crippen LogP contribution in [0.2, 0.25) is 0 Å². The lowest BCUT2D eigenvalue weighted by atomic mass is 10.4. The minimum atomic E-state index is -1.64. The molecule has 0 saturated carbocycles. The molecule has 1 unspecified atom stereocenters. The van der Waals surface area contributed by atoms with Gasteiger partial charge in [0.15, 0.2) is 6.10 Å². The van der Waals surface area contributed by atoms with Gasteiger partial charge in [0, 0.05) is 0 Å². The first-order valence-corrected chi connectivity index (χ1v) is 2.16. The third-order valence-corrected chi connectivity index (χ3v) is 0.645. The molecular weight excluding hydrogens is 128 g/mol. The first-order valence-electron chi connectivity index (χ1n) is 2.16. The summed E-state index contributed by atoms with van der Waals surface area (Å²) in [5, 5.41) is 24.7. The van der Waals surface area contributed by atoms with Gasteiger partial charge < -0.3 is 10.2 Å². The Morgan fingerprint density at radius 1 is 1.78 bits per heavy atom. The third kappa shape index (κ3) is 3.86. The fraction of sp³-hybridized carbons (Fsp3) is 0.667. The third-order valence-electron chi connectivity index (χ3n) is 0.645. The molecule has 9 heavy (non-hydrogen) atoms. The van der Waals surface area contributed by atoms with Crippen LogP contribution < -0.4 is 5.84 Å². The molecule has 1 atom stereocenters. The normalized spacial score (nSPS) is 13.8. The Hall–Kier alpha value is -0.690. The van der Waals surface area contributed by atoms with Crippen molar-refractivity contribution >= 4 is 5.97 Å². The van der Waals surface area contributed by atoms with Gasteiger partial charge in [0.25, 0.3) is 0 Å². The first kappa shape index (κ1) is 8.31. The van der Waals surface area contributed by atoms with E-state index < -0.39 is 18.6 Å². The van der Waals surface area contributed by atoms with E-state index in [0.29, 0.717) is 0 Å². The summed E-state index contributed by atoms with van der Waals surface area (Å²) in [7, 11) is 0. The van der Waals surface area contributed by atoms with Crippen molar-refractivity contribution in [2.45, 2.75) is 6.10 Å². The van der Waals surface area contributed by atoms with Crippen molar-refractivity contribution in [1.82, 2.24) is 5.17 Å². The van der Waals surface area contributed by atoms with Crippen LogP contribution in [-0.2, 0) is 4.79 Å². The Morgan fingerprint density at radius 2 is 2.22 bits per heavy atom. The SMILES string of the molecule is NN(O)CC(O)C(=O)O. The molecule has 0 aromatic rings. The summed E-state index contributed by atoms with van der Waals surface area (Å²) in [5.74, 6) is 3.18. The fourth-order valence-corrected chi connectivity index (χ4v) is 0.255. The van der Waals surface area contributed by atoms with E-state index in [1.165, 1.54) is 0 Å². The summed E-state index contributed by atoms with van der Waals surface area (Å²) in [6, 6.07) is 0. The van der Waals surface area contributed by atoms with Crippen molar-refractivity contribution in [3.63, 3.8) is 0 Å². The lowest BCUT2D eigenvalue weighted by Crippen LogP contribution is -2.38. The molecule has 0 saturated heterocycles. The summed E-state index contributed by atoms with van der Waals surface area (Å²) in [6.07, 6.45) is -1.64. The van der Waals surface area contributed by atoms with E-state index in [-0.39, 0.29) is 5.17 Å². The second-order valence-corrected chi connectivity index (χ2v) is 1.48. The van der Waals surface area contributed by atoms with Crippen LogP contribution in [-0.4, -0.2) is 39.2 Å². The molecular formula is C3H8N2O4. The van der Waals surface area contributed by atoms with Gasteiger partial charge in [0.05, 0.1) is 6.54 Å². The number of carboxylic acid groups (broad SMARTS) is 1. The lowest BCUT2D eigenvalue weighted by molar-refractivity contribution is -0.159. The molecule has 0 spiro atoms. The molecule has 0 fully saturated rings. The summed E-state index contributed by atoms with van der Waals surface area (Å²) >= 11 is 0. The molecule has 5 N–H and O–H groups in total. The summed E-state index contributed by atoms with van der Waals surface area (Å²) in [6.45, 7) is -0.505. The highest BCUT2D eigenvalue weighted by Crippen LogP contribution is 1.81. The van der Waals surface area contributed by atoms with Crippen LogP contribution >= 0.6 is 0 Å². The number of nitrogens with two attached hydrogens (primary N) is 1. The summed E-state index contributed by atoms with van der Waals surface area (Å²) in [4.78, 5) is 9.79. The topological polar surface area (TPSA) is 107 Å². The highest BCUT2D eigenvalue weighted by atomic mass is 16.5. The number of hydrazine groups is 1. The van der Waals surface area contributed by atoms with Crippen molar-refractivity contribution < 1.29 is 20.2 Å². The molecule has 0 aromatic carbocycles. The zero-order chi connectivity index (χ0) is 7.44. The zero-order valence-electron chi connectivity index (χ0n) is 4.56. The fourth-order valence-electron chi connectivity index (χ4n) is 0.255. The number of hydrogen-bond donors (Lipinski definition) is 4. The van der Waals surface area contributed by atoms with Crippen molar-refractivity contribution in [1.29, 1.82) is 0 Å². The van der Waals surface area contributed by atoms with Crippen LogP contribution in [0, 0.1) is 0 Å². The van der Waals surface area contributed by atoms with Crippen molar-refractivity contribution in [2.24, 2.45) is 5.84 Å². The quantitative estimate of drug-likeness (QED) is 0.264. The molecule has 0 amide bonds. The Morgan fingerprint density at radius 3 is 2.33 bits per heavy atom. The molecule has 0 aromatic heterocycles. The van der Waals surface area contributed by atoms with Gasteiger partial charge in [0.2, 0.25) is 0 Å². The van der Waals surface area contributed by atoms with E-state index in [1.807, 2.05) is 0 Å². The van der Waals surface area contributed by atoms with Gasteiger partial charge in [-0.2, -0.15) is 0 Å². The van der Waals surface area contributed by atoms with Gasteiger partial charge in [-0.3, -0.25) is 5.21 Å². The number of rotatable bonds is 3. The number of aliphatic hydroxyl groups excluding tert-OH is 1. The molecule has 0 aliphatic carbocycles. The Labute approximate surface area is 51.0 Å². The molecule has 54 valence electrons. The standard InChI is InChI=1S/C3H8N2O4/c4-5(9)1-2(6)3(7)8/h2,6,9H,1,4H2,(H,7,8). The maximum Gasteiger partial charge on any atom is 0.334 e. The summed E-state index contributed by atoms with van der Waals surface area (Å²) in [5.41, 5.74) is 0. The molecule has 6 heteroatoms. The van der Waals surface area contributed by atoms with Crippen LogP contribution in [0.1, 0.15) is 0 Å². The molecule has 0 aliphatic rings. The predicted molar refractivity (Wildman–Crippen MR) is 26.3 cm³/mol. The second kappa shape index (κ2) is 3.36. The highest BCUT2D eigenvalue weighted by molar-refractivity contribution is 5.72. The van der Waals surface area contributed by atoms with Crippen LogP contribution in [0.25, 0.3) is 0 Å². The number of aliphatic hydroxyl groups is 1. The number of nitrogens with zero attached hydrogens (tertiary/aromatic N) is 1. The van der Waals surface area contributed by atoms with Gasteiger partial charge in [-0.1, -0.05) is 0 Å². The predicted octanol–water partition coefficient (Wildman–Crippen LogP) is -2.00. The molecule has 0 heterocycles. The van der Waals surface area contributed by atoms with Gasteiger partial charge in [-0.15, -0.1) is 5.17 Å². The van der Waals surface area contributed by atoms with Gasteiger partial charge in [-0.25, -0.2) is 10.6 Å². The summed E-state index contributed by atoms with van der Waals surface area (Å²) < 4.78 is 0. The Bertz CT molecular complexity index is 104. The molecule has 0 aliphatic heterocycles. The van der Waals surface area contributed by atoms with Gasteiger partial charge in [0.1, 0.15) is 0 Å². The second-order valence-electron chi connectivity index (χ2n) is 1.48. The largest absolute Gasteiger partial charge is 0.479 e. The minimum absolute atomic E-state index is 0.110. The molecule has 0 rings (SSSR count). The van der Waals surface area contributed by atoms with E-state index >= 15 is 0 Å². The average molecular weight is 136 g/mol. The van der Waals surface area contributed by atoms with Crippen molar-refractivity contribution in [3.8, 4) is 0 Å². The highest BCUT2D eigenvalue weighted by Gasteiger charge is 2.14. The maximum atomic E-state index is 9.79. The van der Waals surface area contributed by atoms with E-state index in [1.54, 1.807) is 0 Å². The van der Waals surface area contributed by atoms with Gasteiger partial charge in [-0.05, 0) is 0 Å². The van der Waals surface area contributed by atoms with E-state index in [2.05, 4.69) is 5.84 Å². The van der Waals surface area contributed by atoms with E-state index in [0.717, 1.165) is 0 Å². The number of carboxylic acids is 1. The lowest BCUT2D eigenvalue weighted by Gasteiger charge is -2.08. The van der Waals surface area contributed by atoms with Crippen LogP contribution in [0.3, 0.4) is 0 Å². The van der Waals surface area contributed by atoms with Crippen molar-refractivity contribution in [3.05, 3.63) is 0 Å². The Kier molecular flexibility index (Phi) is 3.10. The van der Waals surface area contributed by atoms with Crippen LogP contribution in [0.15, 0.2) is 0 Å². The molecule has 0 radical (unpaired) electrons. The number of hydroxylamine groups is 1. The van der Waals surface area contributed by atoms with Crippen LogP contribution in [0.4, 0.5) is 0 Å². The monoisotopic (exact) mass is 136 g/mol. The zero-order valence-corrected chi connectivity index (χ0v) is 4.56.